The van der Waals surface area contributed by atoms with Crippen LogP contribution in [0.4, 0.5) is 10.2 Å². The van der Waals surface area contributed by atoms with Gasteiger partial charge in [-0.2, -0.15) is 10.4 Å². The minimum Gasteiger partial charge on any atom is -0.382 e. The standard InChI is InChI=1S/C41H63FN5O6P.2C2H6/c1-2-3-4-5-6-7-8-9-10-11-12-13-14-15-16-17-18-23-49-29-37(50-28-34-24-33(27-43)25-35(42)26-34)31-52-54(48)51-30-36-19-22-40(53-36)38-20-21-39-41(44)45-32-46-47(38)39;2*1-2/h20-21,24-26,32,36-37,40,48H,2-19,22-23,28-31H2,1H3,(H2,44,45,46);2*1-2H3. The third-order valence-electron chi connectivity index (χ3n) is 9.96. The van der Waals surface area contributed by atoms with E-state index in [0.29, 0.717) is 18.0 Å². The number of anilines is 1. The van der Waals surface area contributed by atoms with Crippen LogP contribution < -0.4 is 5.73 Å². The van der Waals surface area contributed by atoms with Crippen LogP contribution >= 0.6 is 8.60 Å². The number of nitrogen functional groups attached to an aromatic ring is 1. The van der Waals surface area contributed by atoms with Crippen molar-refractivity contribution in [1.82, 2.24) is 14.6 Å². The number of benzene rings is 1. The van der Waals surface area contributed by atoms with Gasteiger partial charge in [-0.25, -0.2) is 13.9 Å². The highest BCUT2D eigenvalue weighted by atomic mass is 31.2. The molecule has 58 heavy (non-hydrogen) atoms. The van der Waals surface area contributed by atoms with E-state index < -0.39 is 20.5 Å². The average molecular weight is 832 g/mol. The predicted molar refractivity (Wildman–Crippen MR) is 233 cm³/mol. The molecule has 1 aliphatic rings. The summed E-state index contributed by atoms with van der Waals surface area (Å²) in [6.45, 7) is 11.4. The van der Waals surface area contributed by atoms with Gasteiger partial charge in [0, 0.05) is 6.61 Å². The lowest BCUT2D eigenvalue weighted by Gasteiger charge is -2.20. The summed E-state index contributed by atoms with van der Waals surface area (Å²) in [5.41, 5.74) is 8.34. The van der Waals surface area contributed by atoms with E-state index in [1.807, 2.05) is 45.9 Å². The highest BCUT2D eigenvalue weighted by Gasteiger charge is 2.30. The van der Waals surface area contributed by atoms with Gasteiger partial charge >= 0.3 is 8.60 Å². The molecule has 1 aromatic carbocycles. The van der Waals surface area contributed by atoms with Crippen molar-refractivity contribution in [3.63, 3.8) is 0 Å². The van der Waals surface area contributed by atoms with Crippen molar-refractivity contribution in [2.24, 2.45) is 0 Å². The molecule has 1 aliphatic heterocycles. The Labute approximate surface area is 350 Å². The van der Waals surface area contributed by atoms with Crippen LogP contribution in [0, 0.1) is 17.1 Å². The van der Waals surface area contributed by atoms with Crippen molar-refractivity contribution < 1.29 is 32.5 Å². The van der Waals surface area contributed by atoms with E-state index >= 15 is 0 Å². The van der Waals surface area contributed by atoms with E-state index in [-0.39, 0.29) is 44.2 Å². The topological polar surface area (TPSA) is 146 Å². The Balaban J connectivity index is 0.00000281. The Bertz CT molecular complexity index is 1510. The number of nitrogens with zero attached hydrogens (tertiary/aromatic N) is 4. The zero-order chi connectivity index (χ0) is 42.2. The van der Waals surface area contributed by atoms with E-state index in [4.69, 9.17) is 29.0 Å². The lowest BCUT2D eigenvalue weighted by molar-refractivity contribution is -0.0493. The van der Waals surface area contributed by atoms with Gasteiger partial charge in [-0.05, 0) is 55.2 Å². The SMILES string of the molecule is CC.CC.CCCCCCCCCCCCCCCCCCCOCC(COP(O)OCC1CCC(c2ccc3c(N)ncnn23)O1)OCc1cc(F)cc(C#N)c1. The molecule has 0 spiro atoms. The van der Waals surface area contributed by atoms with Gasteiger partial charge in [-0.3, -0.25) is 0 Å². The molecule has 3 aromatic rings. The summed E-state index contributed by atoms with van der Waals surface area (Å²) in [5.74, 6) is -0.0927. The van der Waals surface area contributed by atoms with E-state index in [1.54, 1.807) is 10.6 Å². The van der Waals surface area contributed by atoms with Crippen molar-refractivity contribution in [3.05, 3.63) is 59.3 Å². The summed E-state index contributed by atoms with van der Waals surface area (Å²) in [5, 5.41) is 13.5. The first kappa shape index (κ1) is 51.4. The third-order valence-corrected chi connectivity index (χ3v) is 10.7. The van der Waals surface area contributed by atoms with Crippen LogP contribution in [0.15, 0.2) is 36.7 Å². The molecule has 4 unspecified atom stereocenters. The number of nitrogens with two attached hydrogens (primary N) is 1. The van der Waals surface area contributed by atoms with Gasteiger partial charge in [-0.1, -0.05) is 137 Å². The molecular weight excluding hydrogens is 756 g/mol. The van der Waals surface area contributed by atoms with Crippen molar-refractivity contribution in [1.29, 1.82) is 5.26 Å². The van der Waals surface area contributed by atoms with Crippen LogP contribution in [-0.4, -0.2) is 58.1 Å². The molecule has 0 bridgehead atoms. The van der Waals surface area contributed by atoms with Gasteiger partial charge in [0.15, 0.2) is 5.82 Å². The molecular formula is C45H75FN5O6P. The summed E-state index contributed by atoms with van der Waals surface area (Å²) in [6.07, 6.45) is 24.4. The van der Waals surface area contributed by atoms with Gasteiger partial charge in [0.25, 0.3) is 0 Å². The van der Waals surface area contributed by atoms with E-state index in [9.17, 15) is 14.5 Å². The fraction of sp³-hybridized carbons (Fsp3) is 0.711. The number of unbranched alkanes of at least 4 members (excludes halogenated alkanes) is 16. The summed E-state index contributed by atoms with van der Waals surface area (Å²) >= 11 is 0. The van der Waals surface area contributed by atoms with Crippen LogP contribution in [-0.2, 0) is 29.9 Å². The van der Waals surface area contributed by atoms with Gasteiger partial charge in [0.05, 0.1) is 49.9 Å². The fourth-order valence-corrected chi connectivity index (χ4v) is 7.56. The number of nitriles is 1. The molecule has 0 radical (unpaired) electrons. The quantitative estimate of drug-likeness (QED) is 0.0491. The second kappa shape index (κ2) is 33.0. The van der Waals surface area contributed by atoms with Crippen molar-refractivity contribution >= 4 is 19.9 Å². The monoisotopic (exact) mass is 832 g/mol. The molecule has 0 aliphatic carbocycles. The molecule has 4 rings (SSSR count). The Morgan fingerprint density at radius 2 is 1.50 bits per heavy atom. The van der Waals surface area contributed by atoms with Crippen LogP contribution in [0.1, 0.15) is 180 Å². The normalized spacial score (nSPS) is 16.0. The molecule has 1 fully saturated rings. The van der Waals surface area contributed by atoms with Gasteiger partial charge in [-0.15, -0.1) is 0 Å². The number of rotatable bonds is 30. The first-order chi connectivity index (χ1) is 28.5. The lowest BCUT2D eigenvalue weighted by Crippen LogP contribution is -2.25. The van der Waals surface area contributed by atoms with E-state index in [0.717, 1.165) is 36.9 Å². The highest BCUT2D eigenvalue weighted by Crippen LogP contribution is 2.38. The summed E-state index contributed by atoms with van der Waals surface area (Å²) in [7, 11) is -2.20. The molecule has 2 aromatic heterocycles. The number of hydrogen-bond acceptors (Lipinski definition) is 10. The van der Waals surface area contributed by atoms with Gasteiger partial charge in [0.1, 0.15) is 29.9 Å². The summed E-state index contributed by atoms with van der Waals surface area (Å²) < 4.78 is 45.2. The molecule has 3 heterocycles. The first-order valence-electron chi connectivity index (χ1n) is 22.3. The number of aromatic nitrogens is 3. The maximum absolute atomic E-state index is 14.0. The Morgan fingerprint density at radius 3 is 2.12 bits per heavy atom. The zero-order valence-electron chi connectivity index (χ0n) is 36.3. The second-order valence-electron chi connectivity index (χ2n) is 14.5. The predicted octanol–water partition coefficient (Wildman–Crippen LogP) is 12.1. The number of fused-ring (bicyclic) bond motifs is 1. The molecule has 4 atom stereocenters. The third kappa shape index (κ3) is 21.0. The first-order valence-corrected chi connectivity index (χ1v) is 23.5. The zero-order valence-corrected chi connectivity index (χ0v) is 37.2. The van der Waals surface area contributed by atoms with Crippen molar-refractivity contribution in [3.8, 4) is 6.07 Å². The number of halogens is 1. The Morgan fingerprint density at radius 1 is 0.879 bits per heavy atom. The Hall–Kier alpha value is -2.75. The van der Waals surface area contributed by atoms with Crippen LogP contribution in [0.3, 0.4) is 0 Å². The highest BCUT2D eigenvalue weighted by molar-refractivity contribution is 7.40. The largest absolute Gasteiger partial charge is 0.382 e. The summed E-state index contributed by atoms with van der Waals surface area (Å²) in [4.78, 5) is 14.6. The molecule has 0 saturated carbocycles. The fourth-order valence-electron chi connectivity index (χ4n) is 6.89. The number of ether oxygens (including phenoxy) is 3. The smallest absolute Gasteiger partial charge is 0.330 e. The van der Waals surface area contributed by atoms with Gasteiger partial charge in [0.2, 0.25) is 0 Å². The van der Waals surface area contributed by atoms with E-state index in [2.05, 4.69) is 17.0 Å². The van der Waals surface area contributed by atoms with E-state index in [1.165, 1.54) is 115 Å². The van der Waals surface area contributed by atoms with Crippen LogP contribution in [0.5, 0.6) is 0 Å². The number of hydrogen-bond donors (Lipinski definition) is 2. The van der Waals surface area contributed by atoms with Crippen LogP contribution in [0.25, 0.3) is 5.52 Å². The van der Waals surface area contributed by atoms with Crippen LogP contribution in [0.2, 0.25) is 0 Å². The molecule has 13 heteroatoms. The second-order valence-corrected chi connectivity index (χ2v) is 15.5. The average Bonchev–Trinajstić information content (AvgIpc) is 3.91. The minimum atomic E-state index is -2.20. The molecule has 328 valence electrons. The van der Waals surface area contributed by atoms with Crippen molar-refractivity contribution in [2.75, 3.05) is 32.2 Å². The molecule has 0 amide bonds. The van der Waals surface area contributed by atoms with Gasteiger partial charge < -0.3 is 33.9 Å². The minimum absolute atomic E-state index is 0.0209. The molecule has 11 nitrogen and oxygen atoms in total. The lowest BCUT2D eigenvalue weighted by atomic mass is 10.0. The van der Waals surface area contributed by atoms with Crippen molar-refractivity contribution in [2.45, 2.75) is 182 Å². The molecule has 3 N–H and O–H groups in total. The molecule has 1 saturated heterocycles. The summed E-state index contributed by atoms with van der Waals surface area (Å²) in [6, 6.07) is 9.89. The maximum atomic E-state index is 14.0. The maximum Gasteiger partial charge on any atom is 0.330 e. The Kier molecular flexibility index (Phi) is 29.3.